The van der Waals surface area contributed by atoms with Crippen LogP contribution in [-0.4, -0.2) is 55.0 Å². The third-order valence-electron chi connectivity index (χ3n) is 7.21. The van der Waals surface area contributed by atoms with Gasteiger partial charge in [-0.2, -0.15) is 0 Å². The van der Waals surface area contributed by atoms with E-state index in [1.54, 1.807) is 97.1 Å². The van der Waals surface area contributed by atoms with Gasteiger partial charge in [0.25, 0.3) is 0 Å². The first-order valence-corrected chi connectivity index (χ1v) is 15.7. The molecule has 0 aliphatic heterocycles. The molecule has 5 rings (SSSR count). The number of hydrogen-bond acceptors (Lipinski definition) is 10. The molecule has 0 fully saturated rings. The van der Waals surface area contributed by atoms with Gasteiger partial charge in [0.15, 0.2) is 18.3 Å². The number of ether oxygens (including phenoxy) is 4. The van der Waals surface area contributed by atoms with Crippen LogP contribution < -0.4 is 0 Å². The molecule has 50 heavy (non-hydrogen) atoms. The molecule has 0 bridgehead atoms. The summed E-state index contributed by atoms with van der Waals surface area (Å²) in [6.45, 7) is -0.511. The van der Waals surface area contributed by atoms with E-state index in [0.717, 1.165) is 11.8 Å². The topological polar surface area (TPSA) is 127 Å². The lowest BCUT2D eigenvalue weighted by atomic mass is 10.1. The van der Waals surface area contributed by atoms with Crippen molar-refractivity contribution >= 4 is 30.1 Å². The fourth-order valence-corrected chi connectivity index (χ4v) is 4.65. The molecule has 5 aromatic rings. The highest BCUT2D eigenvalue weighted by molar-refractivity contribution is 5.92. The number of rotatable bonds is 15. The molecule has 252 valence electrons. The maximum absolute atomic E-state index is 13.6. The van der Waals surface area contributed by atoms with Crippen molar-refractivity contribution in [2.45, 2.75) is 24.9 Å². The zero-order chi connectivity index (χ0) is 35.0. The van der Waals surface area contributed by atoms with E-state index >= 15 is 0 Å². The SMILES string of the molecule is O=C(OC[C@@H](OC(=O)c1ccccc1)[C@H](OC(=O)c1ccccc1)[C@H](/C=N\OCc1ccccc1)OC(=O)c1ccccc1)c1ccccc1. The number of carbonyl (C=O) groups excluding carboxylic acids is 4. The molecule has 0 aliphatic carbocycles. The smallest absolute Gasteiger partial charge is 0.338 e. The van der Waals surface area contributed by atoms with Gasteiger partial charge in [0.1, 0.15) is 13.2 Å². The second-order valence-corrected chi connectivity index (χ2v) is 10.8. The first-order valence-electron chi connectivity index (χ1n) is 15.7. The first-order chi connectivity index (χ1) is 24.5. The van der Waals surface area contributed by atoms with Crippen molar-refractivity contribution < 1.29 is 43.0 Å². The summed E-state index contributed by atoms with van der Waals surface area (Å²) in [7, 11) is 0. The molecule has 0 saturated heterocycles. The van der Waals surface area contributed by atoms with E-state index in [0.29, 0.717) is 0 Å². The Bertz CT molecular complexity index is 1850. The molecule has 3 atom stereocenters. The third kappa shape index (κ3) is 10.2. The average Bonchev–Trinajstić information content (AvgIpc) is 3.18. The zero-order valence-corrected chi connectivity index (χ0v) is 26.8. The Labute approximate surface area is 288 Å². The largest absolute Gasteiger partial charge is 0.458 e. The van der Waals surface area contributed by atoms with E-state index < -0.39 is 48.8 Å². The summed E-state index contributed by atoms with van der Waals surface area (Å²) in [5, 5.41) is 4.04. The van der Waals surface area contributed by atoms with E-state index in [1.807, 2.05) is 30.3 Å². The van der Waals surface area contributed by atoms with E-state index in [2.05, 4.69) is 5.16 Å². The Hall–Kier alpha value is -6.55. The average molecular weight is 672 g/mol. The molecule has 5 aromatic carbocycles. The van der Waals surface area contributed by atoms with Crippen LogP contribution in [0.2, 0.25) is 0 Å². The monoisotopic (exact) mass is 671 g/mol. The predicted octanol–water partition coefficient (Wildman–Crippen LogP) is 6.72. The minimum atomic E-state index is -1.59. The molecule has 10 nitrogen and oxygen atoms in total. The van der Waals surface area contributed by atoms with Crippen LogP contribution in [0, 0.1) is 0 Å². The quantitative estimate of drug-likeness (QED) is 0.0516. The van der Waals surface area contributed by atoms with Gasteiger partial charge in [-0.15, -0.1) is 0 Å². The highest BCUT2D eigenvalue weighted by atomic mass is 16.6. The van der Waals surface area contributed by atoms with Crippen molar-refractivity contribution in [2.24, 2.45) is 5.16 Å². The van der Waals surface area contributed by atoms with Gasteiger partial charge in [-0.1, -0.05) is 108 Å². The van der Waals surface area contributed by atoms with Crippen molar-refractivity contribution in [3.05, 3.63) is 179 Å². The van der Waals surface area contributed by atoms with E-state index in [9.17, 15) is 19.2 Å². The normalized spacial score (nSPS) is 12.6. The molecule has 0 N–H and O–H groups in total. The van der Waals surface area contributed by atoms with Crippen LogP contribution in [0.5, 0.6) is 0 Å². The summed E-state index contributed by atoms with van der Waals surface area (Å²) >= 11 is 0. The van der Waals surface area contributed by atoms with Crippen LogP contribution in [0.15, 0.2) is 157 Å². The standard InChI is InChI=1S/C40H33NO9/c42-37(30-18-8-2-9-19-30)46-28-35(49-39(44)32-22-12-4-13-23-32)36(50-40(45)33-24-14-5-15-25-33)34(48-38(43)31-20-10-3-11-21-31)26-41-47-27-29-16-6-1-7-17-29/h1-26,34-36H,27-28H2/b41-26-/t34-,35+,36+/m0/s1. The lowest BCUT2D eigenvalue weighted by Gasteiger charge is -2.30. The van der Waals surface area contributed by atoms with Gasteiger partial charge in [-0.3, -0.25) is 0 Å². The van der Waals surface area contributed by atoms with Gasteiger partial charge in [0, 0.05) is 0 Å². The van der Waals surface area contributed by atoms with E-state index in [1.165, 1.54) is 24.3 Å². The molecule has 0 saturated carbocycles. The van der Waals surface area contributed by atoms with E-state index in [4.69, 9.17) is 23.8 Å². The van der Waals surface area contributed by atoms with Crippen LogP contribution in [-0.2, 0) is 30.4 Å². The molecule has 0 amide bonds. The number of carbonyl (C=O) groups is 4. The minimum Gasteiger partial charge on any atom is -0.458 e. The summed E-state index contributed by atoms with van der Waals surface area (Å²) in [6.07, 6.45) is -3.46. The number of oxime groups is 1. The first kappa shape index (κ1) is 34.8. The van der Waals surface area contributed by atoms with Crippen molar-refractivity contribution in [3.8, 4) is 0 Å². The molecule has 0 heterocycles. The summed E-state index contributed by atoms with van der Waals surface area (Å²) < 4.78 is 23.3. The van der Waals surface area contributed by atoms with Gasteiger partial charge in [-0.25, -0.2) is 19.2 Å². The zero-order valence-electron chi connectivity index (χ0n) is 26.8. The van der Waals surface area contributed by atoms with Gasteiger partial charge < -0.3 is 23.8 Å². The van der Waals surface area contributed by atoms with Crippen LogP contribution in [0.4, 0.5) is 0 Å². The molecule has 0 aliphatic rings. The number of hydrogen-bond donors (Lipinski definition) is 0. The summed E-state index contributed by atoms with van der Waals surface area (Å²) in [5.74, 6) is -3.15. The summed E-state index contributed by atoms with van der Waals surface area (Å²) in [6, 6.07) is 41.7. The van der Waals surface area contributed by atoms with Gasteiger partial charge in [0.2, 0.25) is 0 Å². The van der Waals surface area contributed by atoms with Gasteiger partial charge in [0.05, 0.1) is 28.5 Å². The molecular weight excluding hydrogens is 638 g/mol. The summed E-state index contributed by atoms with van der Waals surface area (Å²) in [5.41, 5.74) is 1.59. The van der Waals surface area contributed by atoms with Crippen LogP contribution in [0.25, 0.3) is 0 Å². The Kier molecular flexibility index (Phi) is 12.6. The second-order valence-electron chi connectivity index (χ2n) is 10.8. The fraction of sp³-hybridized carbons (Fsp3) is 0.125. The van der Waals surface area contributed by atoms with Crippen molar-refractivity contribution in [1.82, 2.24) is 0 Å². The lowest BCUT2D eigenvalue weighted by Crippen LogP contribution is -2.48. The van der Waals surface area contributed by atoms with Crippen molar-refractivity contribution in [2.75, 3.05) is 6.61 Å². The van der Waals surface area contributed by atoms with Crippen LogP contribution in [0.1, 0.15) is 47.0 Å². The number of benzene rings is 5. The Morgan fingerprint density at radius 3 is 1.38 bits per heavy atom. The Morgan fingerprint density at radius 2 is 0.900 bits per heavy atom. The van der Waals surface area contributed by atoms with Crippen LogP contribution in [0.3, 0.4) is 0 Å². The molecule has 0 aromatic heterocycles. The molecule has 0 spiro atoms. The fourth-order valence-electron chi connectivity index (χ4n) is 4.65. The van der Waals surface area contributed by atoms with Crippen LogP contribution >= 0.6 is 0 Å². The molecular formula is C40H33NO9. The third-order valence-corrected chi connectivity index (χ3v) is 7.21. The molecule has 0 radical (unpaired) electrons. The maximum atomic E-state index is 13.6. The predicted molar refractivity (Wildman–Crippen MR) is 183 cm³/mol. The maximum Gasteiger partial charge on any atom is 0.338 e. The number of nitrogens with zero attached hydrogens (tertiary/aromatic N) is 1. The molecule has 0 unspecified atom stereocenters. The van der Waals surface area contributed by atoms with Gasteiger partial charge >= 0.3 is 23.9 Å². The molecule has 10 heteroatoms. The van der Waals surface area contributed by atoms with Gasteiger partial charge in [-0.05, 0) is 54.1 Å². The van der Waals surface area contributed by atoms with Crippen molar-refractivity contribution in [1.29, 1.82) is 0 Å². The number of esters is 4. The summed E-state index contributed by atoms with van der Waals surface area (Å²) in [4.78, 5) is 59.0. The highest BCUT2D eigenvalue weighted by Gasteiger charge is 2.39. The van der Waals surface area contributed by atoms with Crippen molar-refractivity contribution in [3.63, 3.8) is 0 Å². The highest BCUT2D eigenvalue weighted by Crippen LogP contribution is 2.20. The Morgan fingerprint density at radius 1 is 0.500 bits per heavy atom. The second kappa shape index (κ2) is 18.1. The minimum absolute atomic E-state index is 0.0757. The van der Waals surface area contributed by atoms with E-state index in [-0.39, 0.29) is 28.9 Å². The Balaban J connectivity index is 1.51. The lowest BCUT2D eigenvalue weighted by molar-refractivity contribution is -0.0863.